The first-order valence-electron chi connectivity index (χ1n) is 11.1. The van der Waals surface area contributed by atoms with Gasteiger partial charge in [0.2, 0.25) is 0 Å². The van der Waals surface area contributed by atoms with Gasteiger partial charge in [-0.05, 0) is 50.3 Å². The number of aryl methyl sites for hydroxylation is 2. The third kappa shape index (κ3) is 3.82. The van der Waals surface area contributed by atoms with Crippen LogP contribution in [-0.4, -0.2) is 36.1 Å². The zero-order valence-electron chi connectivity index (χ0n) is 17.4. The number of nitrogens with zero attached hydrogens (tertiary/aromatic N) is 1. The molecule has 5 nitrogen and oxygen atoms in total. The smallest absolute Gasteiger partial charge is 0.260 e. The number of hydrogen-bond acceptors (Lipinski definition) is 3. The maximum Gasteiger partial charge on any atom is 0.260 e. The van der Waals surface area contributed by atoms with Crippen LogP contribution in [0.4, 0.5) is 4.39 Å². The Morgan fingerprint density at radius 2 is 1.87 bits per heavy atom. The topological polar surface area (TPSA) is 54.6 Å². The van der Waals surface area contributed by atoms with E-state index in [1.54, 1.807) is 23.5 Å². The summed E-state index contributed by atoms with van der Waals surface area (Å²) >= 11 is 1.72. The number of thiophene rings is 1. The Labute approximate surface area is 179 Å². The van der Waals surface area contributed by atoms with E-state index in [4.69, 9.17) is 4.98 Å². The quantitative estimate of drug-likeness (QED) is 0.582. The first-order valence-corrected chi connectivity index (χ1v) is 11.9. The standard InChI is InChI=1S/C23H27FN4OS/c1-15(16-6-8-17(24)9-7-16)28-12-10-27(11-13-28)14-20-25-22(29)21-18-4-2-3-5-19(18)30-23(21)26-20/h6-9,15H,2-5,10-14H2,1H3,(H,25,26,29)/p+2/t15-/m0/s1. The summed E-state index contributed by atoms with van der Waals surface area (Å²) in [4.78, 5) is 26.0. The van der Waals surface area contributed by atoms with Crippen molar-refractivity contribution in [2.45, 2.75) is 45.2 Å². The Hall–Kier alpha value is -2.09. The third-order valence-electron chi connectivity index (χ3n) is 6.87. The second kappa shape index (κ2) is 8.21. The van der Waals surface area contributed by atoms with Crippen molar-refractivity contribution in [2.75, 3.05) is 26.2 Å². The highest BCUT2D eigenvalue weighted by Gasteiger charge is 2.29. The first kappa shape index (κ1) is 19.8. The lowest BCUT2D eigenvalue weighted by molar-refractivity contribution is -1.03. The molecule has 30 heavy (non-hydrogen) atoms. The van der Waals surface area contributed by atoms with Gasteiger partial charge in [0.15, 0.2) is 5.82 Å². The number of rotatable bonds is 4. The van der Waals surface area contributed by atoms with Crippen LogP contribution in [0.15, 0.2) is 29.1 Å². The first-order chi connectivity index (χ1) is 14.6. The van der Waals surface area contributed by atoms with Crippen LogP contribution < -0.4 is 15.4 Å². The number of piperazine rings is 1. The number of hydrogen-bond donors (Lipinski definition) is 3. The molecule has 3 aromatic rings. The SMILES string of the molecule is C[C@@H](c1ccc(F)cc1)[NH+]1CC[NH+](Cc2nc3sc4c(c3c(=O)[nH]2)CCCC4)CC1. The van der Waals surface area contributed by atoms with E-state index in [-0.39, 0.29) is 11.4 Å². The molecule has 3 heterocycles. The second-order valence-electron chi connectivity index (χ2n) is 8.76. The summed E-state index contributed by atoms with van der Waals surface area (Å²) < 4.78 is 13.2. The number of fused-ring (bicyclic) bond motifs is 3. The van der Waals surface area contributed by atoms with Gasteiger partial charge in [0.1, 0.15) is 49.4 Å². The summed E-state index contributed by atoms with van der Waals surface area (Å²) in [5.41, 5.74) is 2.48. The maximum absolute atomic E-state index is 13.2. The predicted octanol–water partition coefficient (Wildman–Crippen LogP) is 1.05. The molecule has 3 N–H and O–H groups in total. The average molecular weight is 429 g/mol. The van der Waals surface area contributed by atoms with Crippen LogP contribution in [0.25, 0.3) is 10.2 Å². The summed E-state index contributed by atoms with van der Waals surface area (Å²) in [6, 6.07) is 7.26. The van der Waals surface area contributed by atoms with Gasteiger partial charge in [0, 0.05) is 10.4 Å². The van der Waals surface area contributed by atoms with Gasteiger partial charge in [0.25, 0.3) is 5.56 Å². The van der Waals surface area contributed by atoms with Crippen molar-refractivity contribution in [1.82, 2.24) is 9.97 Å². The Balaban J connectivity index is 1.26. The van der Waals surface area contributed by atoms with Crippen LogP contribution in [-0.2, 0) is 19.4 Å². The van der Waals surface area contributed by atoms with Crippen molar-refractivity contribution in [2.24, 2.45) is 0 Å². The van der Waals surface area contributed by atoms with E-state index >= 15 is 0 Å². The van der Waals surface area contributed by atoms with Gasteiger partial charge in [-0.2, -0.15) is 0 Å². The molecule has 0 unspecified atom stereocenters. The van der Waals surface area contributed by atoms with Gasteiger partial charge < -0.3 is 14.8 Å². The lowest BCUT2D eigenvalue weighted by Gasteiger charge is -2.33. The Morgan fingerprint density at radius 3 is 2.63 bits per heavy atom. The highest BCUT2D eigenvalue weighted by Crippen LogP contribution is 2.33. The van der Waals surface area contributed by atoms with Crippen LogP contribution in [0.1, 0.15) is 47.6 Å². The molecule has 1 aliphatic heterocycles. The minimum atomic E-state index is -0.180. The summed E-state index contributed by atoms with van der Waals surface area (Å²) in [6.07, 6.45) is 4.50. The van der Waals surface area contributed by atoms with Crippen LogP contribution in [0.2, 0.25) is 0 Å². The average Bonchev–Trinajstić information content (AvgIpc) is 3.13. The normalized spacial score (nSPS) is 22.7. The molecular weight excluding hydrogens is 399 g/mol. The highest BCUT2D eigenvalue weighted by molar-refractivity contribution is 7.18. The van der Waals surface area contributed by atoms with Crippen LogP contribution >= 0.6 is 11.3 Å². The van der Waals surface area contributed by atoms with Crippen LogP contribution in [0.3, 0.4) is 0 Å². The molecule has 1 fully saturated rings. The Morgan fingerprint density at radius 1 is 1.13 bits per heavy atom. The molecule has 2 aromatic heterocycles. The molecule has 158 valence electrons. The molecule has 0 radical (unpaired) electrons. The number of aromatic amines is 1. The second-order valence-corrected chi connectivity index (χ2v) is 9.85. The van der Waals surface area contributed by atoms with Gasteiger partial charge in [0.05, 0.1) is 5.39 Å². The molecule has 2 aliphatic rings. The lowest BCUT2D eigenvalue weighted by Crippen LogP contribution is -3.27. The maximum atomic E-state index is 13.2. The minimum Gasteiger partial charge on any atom is -0.320 e. The molecule has 0 bridgehead atoms. The number of halogens is 1. The number of benzene rings is 1. The molecule has 1 aliphatic carbocycles. The van der Waals surface area contributed by atoms with Gasteiger partial charge >= 0.3 is 0 Å². The van der Waals surface area contributed by atoms with E-state index in [1.165, 1.54) is 38.6 Å². The highest BCUT2D eigenvalue weighted by atomic mass is 32.1. The van der Waals surface area contributed by atoms with Crippen molar-refractivity contribution in [3.05, 3.63) is 62.3 Å². The predicted molar refractivity (Wildman–Crippen MR) is 117 cm³/mol. The van der Waals surface area contributed by atoms with Crippen molar-refractivity contribution in [1.29, 1.82) is 0 Å². The van der Waals surface area contributed by atoms with Crippen LogP contribution in [0, 0.1) is 5.82 Å². The van der Waals surface area contributed by atoms with Crippen LogP contribution in [0.5, 0.6) is 0 Å². The molecule has 5 rings (SSSR count). The Bertz CT molecular complexity index is 1100. The zero-order chi connectivity index (χ0) is 20.7. The van der Waals surface area contributed by atoms with E-state index in [0.29, 0.717) is 6.04 Å². The fourth-order valence-corrected chi connectivity index (χ4v) is 6.33. The van der Waals surface area contributed by atoms with Crippen molar-refractivity contribution in [3.8, 4) is 0 Å². The molecule has 0 saturated carbocycles. The van der Waals surface area contributed by atoms with Crippen molar-refractivity contribution >= 4 is 21.6 Å². The molecule has 0 amide bonds. The molecule has 0 spiro atoms. The summed E-state index contributed by atoms with van der Waals surface area (Å²) in [5, 5.41) is 0.843. The molecular formula is C23H29FN4OS+2. The van der Waals surface area contributed by atoms with E-state index < -0.39 is 0 Å². The number of H-pyrrole nitrogens is 1. The van der Waals surface area contributed by atoms with Crippen molar-refractivity contribution < 1.29 is 14.2 Å². The monoisotopic (exact) mass is 428 g/mol. The summed E-state index contributed by atoms with van der Waals surface area (Å²) in [6.45, 7) is 7.21. The number of nitrogens with one attached hydrogen (secondary N) is 3. The number of quaternary nitrogens is 2. The fraction of sp³-hybridized carbons (Fsp3) is 0.478. The van der Waals surface area contributed by atoms with Gasteiger partial charge in [-0.15, -0.1) is 11.3 Å². The van der Waals surface area contributed by atoms with E-state index in [1.807, 2.05) is 12.1 Å². The minimum absolute atomic E-state index is 0.0444. The fourth-order valence-electron chi connectivity index (χ4n) is 5.05. The zero-order valence-corrected chi connectivity index (χ0v) is 18.2. The van der Waals surface area contributed by atoms with E-state index in [2.05, 4.69) is 11.9 Å². The molecule has 7 heteroatoms. The molecule has 1 saturated heterocycles. The molecule has 1 atom stereocenters. The van der Waals surface area contributed by atoms with E-state index in [0.717, 1.165) is 61.6 Å². The van der Waals surface area contributed by atoms with Gasteiger partial charge in [-0.25, -0.2) is 9.37 Å². The third-order valence-corrected chi connectivity index (χ3v) is 8.06. The van der Waals surface area contributed by atoms with Gasteiger partial charge in [-0.3, -0.25) is 4.79 Å². The largest absolute Gasteiger partial charge is 0.320 e. The summed E-state index contributed by atoms with van der Waals surface area (Å²) in [5.74, 6) is 0.636. The number of aromatic nitrogens is 2. The Kier molecular flexibility index (Phi) is 5.43. The van der Waals surface area contributed by atoms with E-state index in [9.17, 15) is 9.18 Å². The van der Waals surface area contributed by atoms with Gasteiger partial charge in [-0.1, -0.05) is 12.1 Å². The van der Waals surface area contributed by atoms with Crippen molar-refractivity contribution in [3.63, 3.8) is 0 Å². The summed E-state index contributed by atoms with van der Waals surface area (Å²) in [7, 11) is 0. The molecule has 1 aromatic carbocycles. The lowest BCUT2D eigenvalue weighted by atomic mass is 9.97.